The zero-order valence-corrected chi connectivity index (χ0v) is 9.26. The highest BCUT2D eigenvalue weighted by molar-refractivity contribution is 7.07. The van der Waals surface area contributed by atoms with Crippen molar-refractivity contribution in [2.45, 2.75) is 12.8 Å². The van der Waals surface area contributed by atoms with Crippen LogP contribution in [0.1, 0.15) is 23.3 Å². The van der Waals surface area contributed by atoms with Gasteiger partial charge in [0.15, 0.2) is 5.78 Å². The zero-order valence-electron chi connectivity index (χ0n) is 8.44. The van der Waals surface area contributed by atoms with Crippen molar-refractivity contribution in [2.24, 2.45) is 11.1 Å². The quantitative estimate of drug-likeness (QED) is 0.783. The van der Waals surface area contributed by atoms with E-state index in [1.54, 1.807) is 10.9 Å². The lowest BCUT2D eigenvalue weighted by atomic mass is 9.75. The van der Waals surface area contributed by atoms with Gasteiger partial charge in [-0.05, 0) is 12.8 Å². The summed E-state index contributed by atoms with van der Waals surface area (Å²) < 4.78 is 5.27. The second-order valence-electron chi connectivity index (χ2n) is 3.80. The Morgan fingerprint density at radius 3 is 2.87 bits per heavy atom. The molecule has 1 aromatic rings. The predicted molar refractivity (Wildman–Crippen MR) is 58.0 cm³/mol. The number of hydrogen-bond donors (Lipinski definition) is 1. The summed E-state index contributed by atoms with van der Waals surface area (Å²) >= 11 is 1.44. The van der Waals surface area contributed by atoms with Gasteiger partial charge in [0.1, 0.15) is 5.69 Å². The normalized spacial score (nSPS) is 20.1. The molecule has 0 unspecified atom stereocenters. The van der Waals surface area contributed by atoms with Crippen LogP contribution in [0.5, 0.6) is 0 Å². The second-order valence-corrected chi connectivity index (χ2v) is 4.52. The topological polar surface area (TPSA) is 65.2 Å². The molecule has 2 N–H and O–H groups in total. The first-order valence-electron chi connectivity index (χ1n) is 4.99. The van der Waals surface area contributed by atoms with Gasteiger partial charge in [-0.1, -0.05) is 0 Å². The number of aromatic nitrogens is 1. The van der Waals surface area contributed by atoms with Crippen LogP contribution in [0.4, 0.5) is 0 Å². The Balaban J connectivity index is 2.22. The molecule has 0 radical (unpaired) electrons. The third kappa shape index (κ3) is 1.95. The highest BCUT2D eigenvalue weighted by Gasteiger charge is 2.39. The van der Waals surface area contributed by atoms with Crippen LogP contribution >= 0.6 is 11.3 Å². The van der Waals surface area contributed by atoms with E-state index in [-0.39, 0.29) is 5.78 Å². The maximum Gasteiger partial charge on any atom is 0.189 e. The van der Waals surface area contributed by atoms with Crippen molar-refractivity contribution in [3.05, 3.63) is 16.6 Å². The molecule has 1 aliphatic heterocycles. The van der Waals surface area contributed by atoms with E-state index in [1.807, 2.05) is 0 Å². The zero-order chi connectivity index (χ0) is 10.7. The minimum atomic E-state index is -0.438. The molecular formula is C10H14N2O2S. The molecule has 1 aromatic heterocycles. The summed E-state index contributed by atoms with van der Waals surface area (Å²) in [5.74, 6) is 0.0783. The van der Waals surface area contributed by atoms with Crippen LogP contribution in [0, 0.1) is 5.41 Å². The molecule has 0 aliphatic carbocycles. The van der Waals surface area contributed by atoms with Crippen molar-refractivity contribution < 1.29 is 9.53 Å². The summed E-state index contributed by atoms with van der Waals surface area (Å²) in [6, 6.07) is 0. The molecule has 1 aliphatic rings. The Kier molecular flexibility index (Phi) is 3.14. The highest BCUT2D eigenvalue weighted by atomic mass is 32.1. The maximum absolute atomic E-state index is 12.2. The molecule has 0 saturated carbocycles. The Hall–Kier alpha value is -0.780. The van der Waals surface area contributed by atoms with Gasteiger partial charge in [0.2, 0.25) is 0 Å². The summed E-state index contributed by atoms with van der Waals surface area (Å²) in [4.78, 5) is 16.3. The van der Waals surface area contributed by atoms with Gasteiger partial charge in [-0.3, -0.25) is 4.79 Å². The Morgan fingerprint density at radius 2 is 2.33 bits per heavy atom. The average Bonchev–Trinajstić information content (AvgIpc) is 2.82. The van der Waals surface area contributed by atoms with Crippen LogP contribution < -0.4 is 5.73 Å². The minimum absolute atomic E-state index is 0.0783. The molecule has 0 amide bonds. The molecule has 1 fully saturated rings. The molecule has 4 nitrogen and oxygen atoms in total. The fourth-order valence-corrected chi connectivity index (χ4v) is 2.41. The molecule has 0 atom stereocenters. The summed E-state index contributed by atoms with van der Waals surface area (Å²) in [6.07, 6.45) is 1.42. The van der Waals surface area contributed by atoms with Crippen molar-refractivity contribution >= 4 is 17.1 Å². The number of rotatable bonds is 3. The van der Waals surface area contributed by atoms with Crippen LogP contribution in [-0.2, 0) is 4.74 Å². The van der Waals surface area contributed by atoms with Crippen molar-refractivity contribution in [3.8, 4) is 0 Å². The number of nitrogens with two attached hydrogens (primary N) is 1. The second kappa shape index (κ2) is 4.38. The van der Waals surface area contributed by atoms with Gasteiger partial charge in [0.25, 0.3) is 0 Å². The van der Waals surface area contributed by atoms with Crippen molar-refractivity contribution in [1.29, 1.82) is 0 Å². The molecule has 0 spiro atoms. The first-order chi connectivity index (χ1) is 7.28. The van der Waals surface area contributed by atoms with Gasteiger partial charge in [-0.15, -0.1) is 11.3 Å². The summed E-state index contributed by atoms with van der Waals surface area (Å²) in [5, 5.41) is 1.79. The van der Waals surface area contributed by atoms with Gasteiger partial charge in [0, 0.05) is 25.1 Å². The van der Waals surface area contributed by atoms with E-state index in [0.29, 0.717) is 38.3 Å². The first kappa shape index (κ1) is 10.7. The predicted octanol–water partition coefficient (Wildman–Crippen LogP) is 1.08. The average molecular weight is 226 g/mol. The van der Waals surface area contributed by atoms with Gasteiger partial charge >= 0.3 is 0 Å². The maximum atomic E-state index is 12.2. The van der Waals surface area contributed by atoms with Crippen LogP contribution in [-0.4, -0.2) is 30.5 Å². The molecular weight excluding hydrogens is 212 g/mol. The van der Waals surface area contributed by atoms with Crippen LogP contribution in [0.15, 0.2) is 10.9 Å². The van der Waals surface area contributed by atoms with E-state index in [9.17, 15) is 4.79 Å². The molecule has 0 aromatic carbocycles. The van der Waals surface area contributed by atoms with E-state index >= 15 is 0 Å². The number of carbonyl (C=O) groups is 1. The smallest absolute Gasteiger partial charge is 0.189 e. The van der Waals surface area contributed by atoms with E-state index in [2.05, 4.69) is 4.98 Å². The summed E-state index contributed by atoms with van der Waals surface area (Å²) in [7, 11) is 0. The number of nitrogens with zero attached hydrogens (tertiary/aromatic N) is 1. The van der Waals surface area contributed by atoms with Crippen LogP contribution in [0.3, 0.4) is 0 Å². The lowest BCUT2D eigenvalue weighted by Gasteiger charge is -2.33. The van der Waals surface area contributed by atoms with Gasteiger partial charge in [-0.2, -0.15) is 0 Å². The van der Waals surface area contributed by atoms with E-state index < -0.39 is 5.41 Å². The largest absolute Gasteiger partial charge is 0.381 e. The van der Waals surface area contributed by atoms with Gasteiger partial charge in [-0.25, -0.2) is 4.98 Å². The Labute approximate surface area is 92.5 Å². The molecule has 82 valence electrons. The molecule has 2 rings (SSSR count). The monoisotopic (exact) mass is 226 g/mol. The van der Waals surface area contributed by atoms with E-state index in [0.717, 1.165) is 0 Å². The SMILES string of the molecule is NCC1(C(=O)c2cscn2)CCOCC1. The van der Waals surface area contributed by atoms with Gasteiger partial charge < -0.3 is 10.5 Å². The van der Waals surface area contributed by atoms with Crippen molar-refractivity contribution in [1.82, 2.24) is 4.98 Å². The molecule has 1 saturated heterocycles. The van der Waals surface area contributed by atoms with Crippen molar-refractivity contribution in [3.63, 3.8) is 0 Å². The summed E-state index contributed by atoms with van der Waals surface area (Å²) in [5.41, 5.74) is 7.53. The highest BCUT2D eigenvalue weighted by Crippen LogP contribution is 2.33. The molecule has 0 bridgehead atoms. The number of carbonyl (C=O) groups excluding carboxylic acids is 1. The first-order valence-corrected chi connectivity index (χ1v) is 5.94. The lowest BCUT2D eigenvalue weighted by Crippen LogP contribution is -2.43. The summed E-state index contributed by atoms with van der Waals surface area (Å²) in [6.45, 7) is 1.62. The lowest BCUT2D eigenvalue weighted by molar-refractivity contribution is 0.0197. The fraction of sp³-hybridized carbons (Fsp3) is 0.600. The molecule has 5 heteroatoms. The van der Waals surface area contributed by atoms with E-state index in [1.165, 1.54) is 11.3 Å². The Morgan fingerprint density at radius 1 is 1.60 bits per heavy atom. The minimum Gasteiger partial charge on any atom is -0.381 e. The Bertz CT molecular complexity index is 331. The number of thiazole rings is 1. The standard InChI is InChI=1S/C10H14N2O2S/c11-6-10(1-3-14-4-2-10)9(13)8-5-15-7-12-8/h5,7H,1-4,6,11H2. The third-order valence-electron chi connectivity index (χ3n) is 2.99. The number of ketones is 1. The number of Topliss-reactive ketones (excluding diaryl/α,β-unsaturated/α-hetero) is 1. The van der Waals surface area contributed by atoms with E-state index in [4.69, 9.17) is 10.5 Å². The number of ether oxygens (including phenoxy) is 1. The van der Waals surface area contributed by atoms with Crippen LogP contribution in [0.25, 0.3) is 0 Å². The van der Waals surface area contributed by atoms with Crippen LogP contribution in [0.2, 0.25) is 0 Å². The van der Waals surface area contributed by atoms with Crippen molar-refractivity contribution in [2.75, 3.05) is 19.8 Å². The molecule has 2 heterocycles. The number of hydrogen-bond acceptors (Lipinski definition) is 5. The van der Waals surface area contributed by atoms with Gasteiger partial charge in [0.05, 0.1) is 10.9 Å². The molecule has 15 heavy (non-hydrogen) atoms. The third-order valence-corrected chi connectivity index (χ3v) is 3.57. The fourth-order valence-electron chi connectivity index (χ4n) is 1.88.